The Hall–Kier alpha value is -2.04. The van der Waals surface area contributed by atoms with Crippen molar-refractivity contribution in [3.63, 3.8) is 0 Å². The Morgan fingerprint density at radius 1 is 1.30 bits per heavy atom. The second kappa shape index (κ2) is 5.15. The molecule has 0 bridgehead atoms. The minimum absolute atomic E-state index is 0.0716. The number of nitrogens with one attached hydrogen (secondary N) is 1. The van der Waals surface area contributed by atoms with Crippen LogP contribution in [0.25, 0.3) is 0 Å². The van der Waals surface area contributed by atoms with Gasteiger partial charge in [0.2, 0.25) is 5.91 Å². The lowest BCUT2D eigenvalue weighted by Crippen LogP contribution is -2.37. The summed E-state index contributed by atoms with van der Waals surface area (Å²) in [6.45, 7) is 0.644. The van der Waals surface area contributed by atoms with Crippen LogP contribution in [-0.2, 0) is 4.79 Å². The van der Waals surface area contributed by atoms with Crippen LogP contribution < -0.4 is 10.1 Å². The Labute approximate surface area is 117 Å². The molecule has 5 heteroatoms. The first-order valence-electron chi connectivity index (χ1n) is 6.92. The SMILES string of the molecule is COc1ccc(C(=O)N[C@@H]2CC(=O)N(C3CC3)C2)cc1. The van der Waals surface area contributed by atoms with Gasteiger partial charge in [-0.25, -0.2) is 0 Å². The largest absolute Gasteiger partial charge is 0.497 e. The van der Waals surface area contributed by atoms with E-state index in [9.17, 15) is 9.59 Å². The van der Waals surface area contributed by atoms with Crippen molar-refractivity contribution < 1.29 is 14.3 Å². The van der Waals surface area contributed by atoms with E-state index in [1.807, 2.05) is 4.90 Å². The van der Waals surface area contributed by atoms with Gasteiger partial charge in [0.25, 0.3) is 5.91 Å². The van der Waals surface area contributed by atoms with E-state index in [0.717, 1.165) is 18.6 Å². The molecule has 2 amide bonds. The molecule has 1 aliphatic heterocycles. The summed E-state index contributed by atoms with van der Waals surface area (Å²) >= 11 is 0. The van der Waals surface area contributed by atoms with Crippen LogP contribution in [0.2, 0.25) is 0 Å². The first-order valence-corrected chi connectivity index (χ1v) is 6.92. The van der Waals surface area contributed by atoms with Crippen molar-refractivity contribution in [1.82, 2.24) is 10.2 Å². The van der Waals surface area contributed by atoms with Crippen LogP contribution in [0.4, 0.5) is 0 Å². The molecule has 1 heterocycles. The molecule has 1 saturated carbocycles. The minimum Gasteiger partial charge on any atom is -0.497 e. The molecular weight excluding hydrogens is 256 g/mol. The molecule has 1 aromatic carbocycles. The van der Waals surface area contributed by atoms with E-state index in [0.29, 0.717) is 24.6 Å². The Bertz CT molecular complexity index is 522. The third-order valence-electron chi connectivity index (χ3n) is 3.83. The number of nitrogens with zero attached hydrogens (tertiary/aromatic N) is 1. The molecule has 0 spiro atoms. The second-order valence-corrected chi connectivity index (χ2v) is 5.38. The number of ether oxygens (including phenoxy) is 1. The van der Waals surface area contributed by atoms with Crippen LogP contribution in [0.5, 0.6) is 5.75 Å². The maximum absolute atomic E-state index is 12.1. The molecule has 5 nitrogen and oxygen atoms in total. The van der Waals surface area contributed by atoms with Crippen molar-refractivity contribution in [2.45, 2.75) is 31.3 Å². The highest BCUT2D eigenvalue weighted by atomic mass is 16.5. The molecule has 3 rings (SSSR count). The molecule has 2 fully saturated rings. The molecular formula is C15H18N2O3. The van der Waals surface area contributed by atoms with E-state index in [-0.39, 0.29) is 17.9 Å². The first-order chi connectivity index (χ1) is 9.67. The van der Waals surface area contributed by atoms with Crippen molar-refractivity contribution in [2.75, 3.05) is 13.7 Å². The summed E-state index contributed by atoms with van der Waals surface area (Å²) in [4.78, 5) is 25.8. The molecule has 2 aliphatic rings. The predicted octanol–water partition coefficient (Wildman–Crippen LogP) is 1.19. The van der Waals surface area contributed by atoms with E-state index < -0.39 is 0 Å². The van der Waals surface area contributed by atoms with Gasteiger partial charge < -0.3 is 15.0 Å². The van der Waals surface area contributed by atoms with Gasteiger partial charge in [-0.3, -0.25) is 9.59 Å². The van der Waals surface area contributed by atoms with E-state index in [1.165, 1.54) is 0 Å². The van der Waals surface area contributed by atoms with Crippen molar-refractivity contribution in [3.05, 3.63) is 29.8 Å². The summed E-state index contributed by atoms with van der Waals surface area (Å²) < 4.78 is 5.06. The number of methoxy groups -OCH3 is 1. The first kappa shape index (κ1) is 13.0. The van der Waals surface area contributed by atoms with E-state index in [2.05, 4.69) is 5.32 Å². The number of rotatable bonds is 4. The van der Waals surface area contributed by atoms with Crippen molar-refractivity contribution in [2.24, 2.45) is 0 Å². The molecule has 106 valence electrons. The summed E-state index contributed by atoms with van der Waals surface area (Å²) in [6, 6.07) is 7.31. The highest BCUT2D eigenvalue weighted by molar-refractivity contribution is 5.95. The maximum Gasteiger partial charge on any atom is 0.251 e. The van der Waals surface area contributed by atoms with E-state index >= 15 is 0 Å². The minimum atomic E-state index is -0.136. The zero-order chi connectivity index (χ0) is 14.1. The fourth-order valence-electron chi connectivity index (χ4n) is 2.58. The number of benzene rings is 1. The molecule has 1 aromatic rings. The maximum atomic E-state index is 12.1. The Kier molecular flexibility index (Phi) is 3.34. The van der Waals surface area contributed by atoms with E-state index in [1.54, 1.807) is 31.4 Å². The summed E-state index contributed by atoms with van der Waals surface area (Å²) in [5.74, 6) is 0.744. The van der Waals surface area contributed by atoms with Gasteiger partial charge in [-0.15, -0.1) is 0 Å². The van der Waals surface area contributed by atoms with E-state index in [4.69, 9.17) is 4.74 Å². The zero-order valence-corrected chi connectivity index (χ0v) is 11.5. The number of hydrogen-bond donors (Lipinski definition) is 1. The van der Waals surface area contributed by atoms with Gasteiger partial charge in [-0.05, 0) is 37.1 Å². The third kappa shape index (κ3) is 2.61. The summed E-state index contributed by atoms with van der Waals surface area (Å²) in [5, 5.41) is 2.93. The van der Waals surface area contributed by atoms with Crippen LogP contribution in [0.15, 0.2) is 24.3 Å². The highest BCUT2D eigenvalue weighted by Gasteiger charge is 2.39. The monoisotopic (exact) mass is 274 g/mol. The molecule has 1 aliphatic carbocycles. The average Bonchev–Trinajstić information content (AvgIpc) is 3.23. The Morgan fingerprint density at radius 2 is 2.00 bits per heavy atom. The topological polar surface area (TPSA) is 58.6 Å². The van der Waals surface area contributed by atoms with Crippen LogP contribution in [0.1, 0.15) is 29.6 Å². The van der Waals surface area contributed by atoms with Crippen molar-refractivity contribution in [1.29, 1.82) is 0 Å². The molecule has 20 heavy (non-hydrogen) atoms. The summed E-state index contributed by atoms with van der Waals surface area (Å²) in [6.07, 6.45) is 2.62. The molecule has 1 saturated heterocycles. The number of likely N-dealkylation sites (tertiary alicyclic amines) is 1. The third-order valence-corrected chi connectivity index (χ3v) is 3.83. The lowest BCUT2D eigenvalue weighted by Gasteiger charge is -2.16. The van der Waals surface area contributed by atoms with Crippen LogP contribution in [0, 0.1) is 0 Å². The van der Waals surface area contributed by atoms with Gasteiger partial charge in [0.15, 0.2) is 0 Å². The number of amides is 2. The number of carbonyl (C=O) groups is 2. The van der Waals surface area contributed by atoms with Gasteiger partial charge in [0, 0.05) is 24.6 Å². The standard InChI is InChI=1S/C15H18N2O3/c1-20-13-6-2-10(3-7-13)15(19)16-11-8-14(18)17(9-11)12-4-5-12/h2-3,6-7,11-12H,4-5,8-9H2,1H3,(H,16,19)/t11-/m1/s1. The fraction of sp³-hybridized carbons (Fsp3) is 0.467. The lowest BCUT2D eigenvalue weighted by molar-refractivity contribution is -0.128. The predicted molar refractivity (Wildman–Crippen MR) is 73.6 cm³/mol. The molecule has 1 atom stereocenters. The van der Waals surface area contributed by atoms with Gasteiger partial charge in [-0.1, -0.05) is 0 Å². The van der Waals surface area contributed by atoms with Gasteiger partial charge >= 0.3 is 0 Å². The van der Waals surface area contributed by atoms with Gasteiger partial charge in [-0.2, -0.15) is 0 Å². The van der Waals surface area contributed by atoms with Gasteiger partial charge in [0.1, 0.15) is 5.75 Å². The molecule has 0 radical (unpaired) electrons. The average molecular weight is 274 g/mol. The molecule has 0 unspecified atom stereocenters. The zero-order valence-electron chi connectivity index (χ0n) is 11.5. The van der Waals surface area contributed by atoms with Gasteiger partial charge in [0.05, 0.1) is 13.2 Å². The fourth-order valence-corrected chi connectivity index (χ4v) is 2.58. The van der Waals surface area contributed by atoms with Crippen LogP contribution in [0.3, 0.4) is 0 Å². The number of carbonyl (C=O) groups excluding carboxylic acids is 2. The second-order valence-electron chi connectivity index (χ2n) is 5.38. The molecule has 1 N–H and O–H groups in total. The summed E-state index contributed by atoms with van der Waals surface area (Å²) in [5.41, 5.74) is 0.586. The highest BCUT2D eigenvalue weighted by Crippen LogP contribution is 2.30. The van der Waals surface area contributed by atoms with Crippen LogP contribution >= 0.6 is 0 Å². The Balaban J connectivity index is 1.59. The smallest absolute Gasteiger partial charge is 0.251 e. The Morgan fingerprint density at radius 3 is 2.60 bits per heavy atom. The molecule has 0 aromatic heterocycles. The summed E-state index contributed by atoms with van der Waals surface area (Å²) in [7, 11) is 1.59. The van der Waals surface area contributed by atoms with Crippen molar-refractivity contribution in [3.8, 4) is 5.75 Å². The van der Waals surface area contributed by atoms with Crippen LogP contribution in [-0.4, -0.2) is 42.5 Å². The number of hydrogen-bond acceptors (Lipinski definition) is 3. The normalized spacial score (nSPS) is 21.9. The quantitative estimate of drug-likeness (QED) is 0.897. The lowest BCUT2D eigenvalue weighted by atomic mass is 10.2. The van der Waals surface area contributed by atoms with Crippen molar-refractivity contribution >= 4 is 11.8 Å².